The van der Waals surface area contributed by atoms with Crippen LogP contribution < -0.4 is 45.6 Å². The third-order valence-electron chi connectivity index (χ3n) is 12.5. The number of aromatic nitrogens is 18. The van der Waals surface area contributed by atoms with Crippen LogP contribution in [0.3, 0.4) is 0 Å². The summed E-state index contributed by atoms with van der Waals surface area (Å²) in [5.74, 6) is 3.00. The molecular formula is C65H79Cl5F3N21NaO5P. The SMILES string of the molecule is CCn1ncnc1CO.CN=P.Clc1ccc(Cl)nn1.NNC(=O)c1ccccc1F.[2H]C([2H])([2H])C(C)(C)C(=O)O.[2H]C([2H])([2H])C(C)(C)c1cc(Cl)nnc1Cl.[2H]C([2H])([2H])C(C)(C)c1cc2nnc(-c3ccccc3F)n2nc1Cl.[2H]C([2H])([2H])C(C)(C)c1cc2nnc(-c3ccccc3F)n2nc1OCc1ncnn1CC.[H-].[Na+]. The molecule has 536 valence electrons. The van der Waals surface area contributed by atoms with E-state index >= 15 is 0 Å². The van der Waals surface area contributed by atoms with Crippen molar-refractivity contribution in [2.75, 3.05) is 7.05 Å². The molecule has 101 heavy (non-hydrogen) atoms. The second-order valence-electron chi connectivity index (χ2n) is 22.2. The number of halogens is 8. The summed E-state index contributed by atoms with van der Waals surface area (Å²) in [6, 6.07) is 25.6. The van der Waals surface area contributed by atoms with E-state index in [-0.39, 0.29) is 99.5 Å². The van der Waals surface area contributed by atoms with Crippen LogP contribution in [-0.2, 0) is 47.3 Å². The maximum absolute atomic E-state index is 14.4. The van der Waals surface area contributed by atoms with Crippen molar-refractivity contribution in [3.05, 3.63) is 193 Å². The fourth-order valence-corrected chi connectivity index (χ4v) is 8.57. The first kappa shape index (κ1) is 68.9. The summed E-state index contributed by atoms with van der Waals surface area (Å²) in [5, 5.41) is 64.7. The number of benzene rings is 3. The number of carbonyl (C=O) groups excluding carboxylic acids is 1. The van der Waals surface area contributed by atoms with E-state index in [4.69, 9.17) is 95.2 Å². The normalized spacial score (nSPS) is 13.1. The number of aliphatic carboxylic acids is 1. The molecule has 3 aromatic carbocycles. The van der Waals surface area contributed by atoms with E-state index in [2.05, 4.69) is 84.9 Å². The fourth-order valence-electron chi connectivity index (χ4n) is 7.53. The Balaban J connectivity index is 0.000000475. The molecule has 11 aromatic rings. The number of carboxylic acid groups (broad SMARTS) is 1. The molecule has 0 unspecified atom stereocenters. The molecule has 1 amide bonds. The number of aliphatic hydroxyl groups excluding tert-OH is 1. The van der Waals surface area contributed by atoms with Crippen molar-refractivity contribution in [1.29, 1.82) is 0 Å². The molecular weight excluding hydrogens is 1440 g/mol. The number of aliphatic hydroxyl groups is 1. The quantitative estimate of drug-likeness (QED) is 0.0343. The van der Waals surface area contributed by atoms with Gasteiger partial charge in [-0.1, -0.05) is 157 Å². The van der Waals surface area contributed by atoms with Crippen molar-refractivity contribution in [2.45, 2.75) is 139 Å². The monoisotopic (exact) mass is 1530 g/mol. The Labute approximate surface area is 650 Å². The Kier molecular flexibility index (Phi) is 27.8. The summed E-state index contributed by atoms with van der Waals surface area (Å²) in [4.78, 5) is 29.1. The van der Waals surface area contributed by atoms with Crippen LogP contribution in [0.15, 0.2) is 121 Å². The maximum Gasteiger partial charge on any atom is 1.00 e. The van der Waals surface area contributed by atoms with Crippen LogP contribution in [0.4, 0.5) is 13.2 Å². The van der Waals surface area contributed by atoms with Crippen LogP contribution >= 0.6 is 67.0 Å². The van der Waals surface area contributed by atoms with E-state index in [0.29, 0.717) is 50.8 Å². The molecule has 0 spiro atoms. The predicted molar refractivity (Wildman–Crippen MR) is 382 cm³/mol. The second-order valence-corrected chi connectivity index (χ2v) is 24.5. The van der Waals surface area contributed by atoms with E-state index in [0.717, 1.165) is 6.54 Å². The van der Waals surface area contributed by atoms with Crippen LogP contribution in [0.25, 0.3) is 34.1 Å². The molecule has 11 rings (SSSR count). The standard InChI is InChI=1S/C20H22FN7O.C15H14ClFN4.C8H10Cl2N2.C7H7FN2O.C5H9N3O.C5H10O2.C4H2Cl2N2.CH4NP.Na.H/c1-5-27-17(22-12-23-27)11-29-19-14(20(2,3)4)10-16-24-25-18(28(16)26-19)13-8-6-7-9-15(13)21;1-15(2,3)10-8-12-18-19-14(21(12)20-13(10)16)9-6-4-5-7-11(9)17;1-8(2,3)5-4-6(9)11-12-7(5)10;8-6-4-2-1-3-5(6)7(11)10-9;1-2-8-5(3-9)6-4-7-8;1-5(2,3)4(6)7;5-3-1-2-4(6)8-7-3;1-2-3;;/h6-10,12H,5,11H2,1-4H3;4-8H,1-3H3;4H,1-3H3;1-4H,9H2,(H,10,11);4,9H,2-3H2,1H3;1-3H3,(H,6,7);1-2H;3H,1H3;;/q;;;;;;;;+1;-1/i2D3;2*1D3;;;1D3;;;;. The third kappa shape index (κ3) is 26.8. The summed E-state index contributed by atoms with van der Waals surface area (Å²) >= 11 is 28.4. The number of carboxylic acids is 1. The maximum atomic E-state index is 14.4. The molecule has 0 fully saturated rings. The minimum absolute atomic E-state index is 0. The summed E-state index contributed by atoms with van der Waals surface area (Å²) < 4.78 is 146. The van der Waals surface area contributed by atoms with Gasteiger partial charge in [-0.2, -0.15) is 24.3 Å². The zero-order chi connectivity index (χ0) is 84.9. The average molecular weight is 1530 g/mol. The minimum atomic E-state index is -2.43. The first-order valence-electron chi connectivity index (χ1n) is 35.2. The van der Waals surface area contributed by atoms with Crippen LogP contribution in [-0.4, -0.2) is 119 Å². The van der Waals surface area contributed by atoms with E-state index < -0.39 is 78.4 Å². The zero-order valence-electron chi connectivity index (χ0n) is 69.5. The number of hydrazine groups is 1. The van der Waals surface area contributed by atoms with Gasteiger partial charge in [0.25, 0.3) is 5.91 Å². The Morgan fingerprint density at radius 3 is 1.48 bits per heavy atom. The van der Waals surface area contributed by atoms with Gasteiger partial charge >= 0.3 is 35.5 Å². The third-order valence-corrected chi connectivity index (χ3v) is 13.7. The van der Waals surface area contributed by atoms with Crippen molar-refractivity contribution in [3.63, 3.8) is 0 Å². The van der Waals surface area contributed by atoms with Crippen LogP contribution in [0, 0.1) is 22.9 Å². The summed E-state index contributed by atoms with van der Waals surface area (Å²) in [5.41, 5.74) is -1.41. The van der Waals surface area contributed by atoms with Crippen molar-refractivity contribution < 1.29 is 85.1 Å². The van der Waals surface area contributed by atoms with E-state index in [1.54, 1.807) is 119 Å². The molecule has 0 saturated heterocycles. The molecule has 0 aliphatic rings. The van der Waals surface area contributed by atoms with Crippen molar-refractivity contribution in [3.8, 4) is 28.7 Å². The average Bonchev–Trinajstić information content (AvgIpc) is 1.50. The van der Waals surface area contributed by atoms with Gasteiger partial charge in [0.15, 0.2) is 60.4 Å². The fraction of sp³-hybridized carbons (Fsp3) is 0.354. The number of nitrogens with zero attached hydrogens (tertiary/aromatic N) is 19. The first-order valence-corrected chi connectivity index (χ1v) is 31.5. The number of nitrogens with two attached hydrogens (primary N) is 1. The molecule has 0 aliphatic carbocycles. The number of nitrogen functional groups attached to an aromatic ring is 1. The predicted octanol–water partition coefficient (Wildman–Crippen LogP) is 11.6. The molecule has 36 heteroatoms. The van der Waals surface area contributed by atoms with Crippen LogP contribution in [0.1, 0.15) is 153 Å². The van der Waals surface area contributed by atoms with Gasteiger partial charge in [0, 0.05) is 47.7 Å². The Morgan fingerprint density at radius 2 is 1.05 bits per heavy atom. The number of amides is 1. The Hall–Kier alpha value is -7.80. The topological polar surface area (TPSA) is 333 Å². The molecule has 0 atom stereocenters. The van der Waals surface area contributed by atoms with Crippen molar-refractivity contribution in [2.24, 2.45) is 16.0 Å². The number of fused-ring (bicyclic) bond motifs is 2. The number of ether oxygens (including phenoxy) is 1. The van der Waals surface area contributed by atoms with Gasteiger partial charge < -0.3 is 16.4 Å². The number of nitrogens with one attached hydrogen (secondary N) is 1. The summed E-state index contributed by atoms with van der Waals surface area (Å²) in [6.45, 7) is 7.79. The van der Waals surface area contributed by atoms with Gasteiger partial charge in [-0.05, 0) is 132 Å². The molecule has 0 aliphatic heterocycles. The molecule has 0 radical (unpaired) electrons. The first-order chi connectivity index (χ1) is 51.9. The molecule has 0 saturated carbocycles. The molecule has 0 bridgehead atoms. The number of rotatable bonds is 9. The molecule has 5 N–H and O–H groups in total. The molecule has 26 nitrogen and oxygen atoms in total. The number of carbonyl (C=O) groups is 2. The second kappa shape index (κ2) is 40.7. The van der Waals surface area contributed by atoms with Gasteiger partial charge in [-0.25, -0.2) is 38.3 Å². The number of hydrogen-bond acceptors (Lipinski definition) is 20. The van der Waals surface area contributed by atoms with E-state index in [1.165, 1.54) is 78.0 Å². The Bertz CT molecular complexity index is 4920. The van der Waals surface area contributed by atoms with Crippen LogP contribution in [0.5, 0.6) is 5.88 Å². The smallest absolute Gasteiger partial charge is 1.00 e. The summed E-state index contributed by atoms with van der Waals surface area (Å²) in [7, 11) is 4.47. The van der Waals surface area contributed by atoms with E-state index in [9.17, 15) is 22.8 Å². The minimum Gasteiger partial charge on any atom is -1.00 e. The summed E-state index contributed by atoms with van der Waals surface area (Å²) in [6.07, 6.45) is 2.86. The largest absolute Gasteiger partial charge is 1.00 e. The molecule has 8 heterocycles. The van der Waals surface area contributed by atoms with Gasteiger partial charge in [0.05, 0.1) is 22.1 Å². The van der Waals surface area contributed by atoms with Gasteiger partial charge in [0.1, 0.15) is 43.3 Å². The van der Waals surface area contributed by atoms with Crippen molar-refractivity contribution in [1.82, 2.24) is 95.0 Å². The molecule has 8 aromatic heterocycles. The van der Waals surface area contributed by atoms with Gasteiger partial charge in [-0.3, -0.25) is 19.8 Å². The van der Waals surface area contributed by atoms with E-state index in [1.807, 2.05) is 19.3 Å². The van der Waals surface area contributed by atoms with Gasteiger partial charge in [-0.15, -0.1) is 45.9 Å². The number of aryl methyl sites for hydroxylation is 2. The van der Waals surface area contributed by atoms with Crippen LogP contribution in [0.2, 0.25) is 25.8 Å². The van der Waals surface area contributed by atoms with Crippen molar-refractivity contribution >= 4 is 90.2 Å². The zero-order valence-corrected chi connectivity index (χ0v) is 63.3. The Morgan fingerprint density at radius 1 is 0.614 bits per heavy atom. The van der Waals surface area contributed by atoms with Gasteiger partial charge in [0.2, 0.25) is 5.88 Å². The number of hydrogen-bond donors (Lipinski definition) is 4.